The Labute approximate surface area is 202 Å². The highest BCUT2D eigenvalue weighted by molar-refractivity contribution is 5.93. The van der Waals surface area contributed by atoms with Crippen LogP contribution in [0.5, 0.6) is 0 Å². The smallest absolute Gasteiger partial charge is 0.333 e. The predicted molar refractivity (Wildman–Crippen MR) is 135 cm³/mol. The summed E-state index contributed by atoms with van der Waals surface area (Å²) in [4.78, 5) is 41.0. The highest BCUT2D eigenvalue weighted by Crippen LogP contribution is 2.26. The molecule has 0 aromatic heterocycles. The van der Waals surface area contributed by atoms with Gasteiger partial charge in [-0.3, -0.25) is 9.59 Å². The SMILES string of the molecule is CCCC(CCC)(NC)C(=O)NC(C(=O)N(C)[C@H](/C=C(\C)C(=O)OCC)C(C)C)C(C)(C)C. The van der Waals surface area contributed by atoms with Crippen LogP contribution in [-0.4, -0.2) is 61.0 Å². The van der Waals surface area contributed by atoms with Gasteiger partial charge in [0.2, 0.25) is 11.8 Å². The maximum absolute atomic E-state index is 13.7. The number of likely N-dealkylation sites (N-methyl/N-ethyl adjacent to an activating group) is 2. The van der Waals surface area contributed by atoms with Crippen molar-refractivity contribution in [3.05, 3.63) is 11.6 Å². The average molecular weight is 468 g/mol. The molecule has 0 aromatic carbocycles. The standard InChI is InChI=1S/C26H49N3O4/c1-12-15-26(27-10,16-13-2)24(32)28-21(25(7,8)9)22(30)29(11)20(18(4)5)17-19(6)23(31)33-14-3/h17-18,20-21,27H,12-16H2,1-11H3,(H,28,32)/b19-17+/t20-,21?/m1/s1. The van der Waals surface area contributed by atoms with Gasteiger partial charge in [-0.05, 0) is 45.1 Å². The molecule has 0 radical (unpaired) electrons. The first-order valence-electron chi connectivity index (χ1n) is 12.3. The van der Waals surface area contributed by atoms with Crippen LogP contribution in [0.4, 0.5) is 0 Å². The number of nitrogens with zero attached hydrogens (tertiary/aromatic N) is 1. The first-order valence-corrected chi connectivity index (χ1v) is 12.3. The molecule has 0 saturated carbocycles. The zero-order chi connectivity index (χ0) is 26.0. The van der Waals surface area contributed by atoms with E-state index in [2.05, 4.69) is 24.5 Å². The number of hydrogen-bond donors (Lipinski definition) is 2. The van der Waals surface area contributed by atoms with Gasteiger partial charge in [-0.2, -0.15) is 0 Å². The lowest BCUT2D eigenvalue weighted by Gasteiger charge is -2.40. The van der Waals surface area contributed by atoms with Crippen LogP contribution in [0.15, 0.2) is 11.6 Å². The van der Waals surface area contributed by atoms with E-state index in [1.165, 1.54) is 0 Å². The highest BCUT2D eigenvalue weighted by Gasteiger charge is 2.42. The van der Waals surface area contributed by atoms with E-state index < -0.39 is 17.0 Å². The minimum absolute atomic E-state index is 0.0660. The second kappa shape index (κ2) is 13.7. The Kier molecular flexibility index (Phi) is 12.9. The molecule has 0 aliphatic carbocycles. The van der Waals surface area contributed by atoms with E-state index in [0.29, 0.717) is 25.0 Å². The Morgan fingerprint density at radius 3 is 1.91 bits per heavy atom. The summed E-state index contributed by atoms with van der Waals surface area (Å²) in [6.45, 7) is 17.7. The molecule has 1 unspecified atom stereocenters. The van der Waals surface area contributed by atoms with Crippen molar-refractivity contribution in [2.75, 3.05) is 20.7 Å². The van der Waals surface area contributed by atoms with Gasteiger partial charge in [-0.15, -0.1) is 0 Å². The first kappa shape index (κ1) is 31.1. The summed E-state index contributed by atoms with van der Waals surface area (Å²) in [5.41, 5.74) is -0.740. The van der Waals surface area contributed by atoms with Crippen molar-refractivity contribution in [2.45, 2.75) is 106 Å². The molecule has 2 atom stereocenters. The van der Waals surface area contributed by atoms with Crippen LogP contribution in [0.2, 0.25) is 0 Å². The molecule has 0 rings (SSSR count). The van der Waals surface area contributed by atoms with Crippen molar-refractivity contribution in [3.63, 3.8) is 0 Å². The van der Waals surface area contributed by atoms with Crippen molar-refractivity contribution in [2.24, 2.45) is 11.3 Å². The molecular formula is C26H49N3O4. The fraction of sp³-hybridized carbons (Fsp3) is 0.808. The van der Waals surface area contributed by atoms with Gasteiger partial charge in [0, 0.05) is 12.6 Å². The molecule has 0 spiro atoms. The van der Waals surface area contributed by atoms with Gasteiger partial charge in [0.25, 0.3) is 0 Å². The van der Waals surface area contributed by atoms with Crippen molar-refractivity contribution in [3.8, 4) is 0 Å². The summed E-state index contributed by atoms with van der Waals surface area (Å²) in [5.74, 6) is -0.644. The monoisotopic (exact) mass is 467 g/mol. The van der Waals surface area contributed by atoms with Gasteiger partial charge in [0.1, 0.15) is 6.04 Å². The Hall–Kier alpha value is -1.89. The summed E-state index contributed by atoms with van der Waals surface area (Å²) in [7, 11) is 3.54. The average Bonchev–Trinajstić information content (AvgIpc) is 2.73. The van der Waals surface area contributed by atoms with Crippen molar-refractivity contribution < 1.29 is 19.1 Å². The van der Waals surface area contributed by atoms with Crippen LogP contribution >= 0.6 is 0 Å². The van der Waals surface area contributed by atoms with Gasteiger partial charge in [0.15, 0.2) is 0 Å². The van der Waals surface area contributed by atoms with Gasteiger partial charge in [-0.25, -0.2) is 4.79 Å². The molecule has 0 heterocycles. The van der Waals surface area contributed by atoms with Crippen LogP contribution in [0.1, 0.15) is 88.0 Å². The van der Waals surface area contributed by atoms with E-state index in [4.69, 9.17) is 4.74 Å². The van der Waals surface area contributed by atoms with E-state index in [1.54, 1.807) is 31.9 Å². The second-order valence-electron chi connectivity index (χ2n) is 10.4. The third-order valence-corrected chi connectivity index (χ3v) is 6.15. The Balaban J connectivity index is 6.06. The molecule has 0 fully saturated rings. The maximum Gasteiger partial charge on any atom is 0.333 e. The number of nitrogens with one attached hydrogen (secondary N) is 2. The quantitative estimate of drug-likeness (QED) is 0.315. The van der Waals surface area contributed by atoms with Gasteiger partial charge < -0.3 is 20.3 Å². The topological polar surface area (TPSA) is 87.7 Å². The maximum atomic E-state index is 13.7. The van der Waals surface area contributed by atoms with E-state index >= 15 is 0 Å². The largest absolute Gasteiger partial charge is 0.463 e. The summed E-state index contributed by atoms with van der Waals surface area (Å²) >= 11 is 0. The molecule has 192 valence electrons. The van der Waals surface area contributed by atoms with E-state index in [-0.39, 0.29) is 29.7 Å². The van der Waals surface area contributed by atoms with Crippen LogP contribution in [0.3, 0.4) is 0 Å². The Morgan fingerprint density at radius 2 is 1.55 bits per heavy atom. The minimum Gasteiger partial charge on any atom is -0.463 e. The third kappa shape index (κ3) is 8.76. The molecule has 0 bridgehead atoms. The lowest BCUT2D eigenvalue weighted by molar-refractivity contribution is -0.142. The van der Waals surface area contributed by atoms with Crippen LogP contribution in [0, 0.1) is 11.3 Å². The Bertz CT molecular complexity index is 674. The zero-order valence-corrected chi connectivity index (χ0v) is 22.9. The molecular weight excluding hydrogens is 418 g/mol. The normalized spacial score (nSPS) is 14.6. The van der Waals surface area contributed by atoms with Crippen molar-refractivity contribution in [1.29, 1.82) is 0 Å². The van der Waals surface area contributed by atoms with E-state index in [1.807, 2.05) is 41.7 Å². The molecule has 0 aromatic rings. The van der Waals surface area contributed by atoms with Gasteiger partial charge in [-0.1, -0.05) is 67.4 Å². The molecule has 7 heteroatoms. The lowest BCUT2D eigenvalue weighted by atomic mass is 9.82. The molecule has 0 saturated heterocycles. The number of carbonyl (C=O) groups excluding carboxylic acids is 3. The van der Waals surface area contributed by atoms with Crippen LogP contribution < -0.4 is 10.6 Å². The number of rotatable bonds is 13. The molecule has 2 amide bonds. The fourth-order valence-corrected chi connectivity index (χ4v) is 4.16. The molecule has 7 nitrogen and oxygen atoms in total. The Morgan fingerprint density at radius 1 is 1.03 bits per heavy atom. The minimum atomic E-state index is -0.714. The van der Waals surface area contributed by atoms with Crippen molar-refractivity contribution in [1.82, 2.24) is 15.5 Å². The number of amides is 2. The number of ether oxygens (including phenoxy) is 1. The zero-order valence-electron chi connectivity index (χ0n) is 22.9. The first-order chi connectivity index (χ1) is 15.2. The molecule has 2 N–H and O–H groups in total. The van der Waals surface area contributed by atoms with Gasteiger partial charge in [0.05, 0.1) is 18.2 Å². The fourth-order valence-electron chi connectivity index (χ4n) is 4.16. The summed E-state index contributed by atoms with van der Waals surface area (Å²) in [5, 5.41) is 6.32. The molecule has 0 aliphatic rings. The third-order valence-electron chi connectivity index (χ3n) is 6.15. The van der Waals surface area contributed by atoms with Gasteiger partial charge >= 0.3 is 5.97 Å². The highest BCUT2D eigenvalue weighted by atomic mass is 16.5. The second-order valence-corrected chi connectivity index (χ2v) is 10.4. The van der Waals surface area contributed by atoms with E-state index in [9.17, 15) is 14.4 Å². The van der Waals surface area contributed by atoms with Crippen LogP contribution in [-0.2, 0) is 19.1 Å². The molecule has 33 heavy (non-hydrogen) atoms. The number of esters is 1. The van der Waals surface area contributed by atoms with Crippen molar-refractivity contribution >= 4 is 17.8 Å². The summed E-state index contributed by atoms with van der Waals surface area (Å²) in [6.07, 6.45) is 4.89. The predicted octanol–water partition coefficient (Wildman–Crippen LogP) is 4.07. The summed E-state index contributed by atoms with van der Waals surface area (Å²) in [6, 6.07) is -1.03. The molecule has 0 aliphatic heterocycles. The van der Waals surface area contributed by atoms with E-state index in [0.717, 1.165) is 12.8 Å². The number of hydrogen-bond acceptors (Lipinski definition) is 5. The number of carbonyl (C=O) groups is 3. The van der Waals surface area contributed by atoms with Crippen LogP contribution in [0.25, 0.3) is 0 Å². The lowest BCUT2D eigenvalue weighted by Crippen LogP contribution is -2.63. The summed E-state index contributed by atoms with van der Waals surface area (Å²) < 4.78 is 5.10.